The Balaban J connectivity index is 2.54. The first-order valence-corrected chi connectivity index (χ1v) is 6.31. The van der Waals surface area contributed by atoms with Crippen molar-refractivity contribution in [3.8, 4) is 11.8 Å². The normalized spacial score (nSPS) is 10.3. The van der Waals surface area contributed by atoms with Crippen LogP contribution in [0.4, 0.5) is 0 Å². The number of hydrogen-bond donors (Lipinski definition) is 1. The fourth-order valence-corrected chi connectivity index (χ4v) is 2.03. The molecule has 0 radical (unpaired) electrons. The van der Waals surface area contributed by atoms with Crippen LogP contribution < -0.4 is 0 Å². The molecule has 0 atom stereocenters. The number of aliphatic hydroxyl groups excluding tert-OH is 1. The minimum atomic E-state index is 0.0883. The van der Waals surface area contributed by atoms with E-state index in [1.807, 2.05) is 22.9 Å². The van der Waals surface area contributed by atoms with Crippen LogP contribution in [0.5, 0.6) is 0 Å². The molecule has 0 unspecified atom stereocenters. The molecule has 0 bridgehead atoms. The number of aliphatic hydroxyl groups is 1. The van der Waals surface area contributed by atoms with Crippen molar-refractivity contribution in [2.45, 2.75) is 19.9 Å². The van der Waals surface area contributed by atoms with Gasteiger partial charge in [0.1, 0.15) is 5.69 Å². The van der Waals surface area contributed by atoms with Crippen molar-refractivity contribution in [3.63, 3.8) is 0 Å². The zero-order valence-electron chi connectivity index (χ0n) is 9.57. The van der Waals surface area contributed by atoms with Crippen LogP contribution in [0, 0.1) is 11.8 Å². The van der Waals surface area contributed by atoms with Gasteiger partial charge in [-0.3, -0.25) is 4.68 Å². The predicted molar refractivity (Wildman–Crippen MR) is 71.7 cm³/mol. The highest BCUT2D eigenvalue weighted by atomic mass is 79.9. The summed E-state index contributed by atoms with van der Waals surface area (Å²) in [4.78, 5) is 0. The van der Waals surface area contributed by atoms with E-state index in [1.54, 1.807) is 0 Å². The lowest BCUT2D eigenvalue weighted by atomic mass is 10.2. The lowest BCUT2D eigenvalue weighted by molar-refractivity contribution is 0.305. The first-order valence-electron chi connectivity index (χ1n) is 5.52. The van der Waals surface area contributed by atoms with Gasteiger partial charge < -0.3 is 5.11 Å². The average Bonchev–Trinajstić information content (AvgIpc) is 2.67. The molecule has 0 amide bonds. The number of aryl methyl sites for hydroxylation is 1. The van der Waals surface area contributed by atoms with E-state index in [-0.39, 0.29) is 6.61 Å². The van der Waals surface area contributed by atoms with E-state index in [2.05, 4.69) is 39.8 Å². The molecule has 88 valence electrons. The lowest BCUT2D eigenvalue weighted by Crippen LogP contribution is -1.95. The lowest BCUT2D eigenvalue weighted by Gasteiger charge is -1.97. The maximum Gasteiger partial charge on any atom is 0.143 e. The quantitative estimate of drug-likeness (QED) is 0.864. The van der Waals surface area contributed by atoms with Gasteiger partial charge in [0.15, 0.2) is 0 Å². The monoisotopic (exact) mass is 292 g/mol. The summed E-state index contributed by atoms with van der Waals surface area (Å²) < 4.78 is 2.97. The van der Waals surface area contributed by atoms with Gasteiger partial charge in [0.05, 0.1) is 12.1 Å². The van der Waals surface area contributed by atoms with Gasteiger partial charge in [-0.05, 0) is 31.0 Å². The molecule has 0 saturated heterocycles. The van der Waals surface area contributed by atoms with E-state index in [4.69, 9.17) is 5.11 Å². The third-order valence-corrected chi connectivity index (χ3v) is 2.95. The number of aromatic nitrogens is 2. The second kappa shape index (κ2) is 5.35. The van der Waals surface area contributed by atoms with Crippen LogP contribution in [0.25, 0.3) is 10.9 Å². The van der Waals surface area contributed by atoms with Gasteiger partial charge in [-0.2, -0.15) is 5.10 Å². The van der Waals surface area contributed by atoms with Crippen LogP contribution >= 0.6 is 15.9 Å². The van der Waals surface area contributed by atoms with E-state index in [0.29, 0.717) is 6.42 Å². The molecule has 2 rings (SSSR count). The van der Waals surface area contributed by atoms with Crippen LogP contribution in [-0.2, 0) is 6.54 Å². The zero-order chi connectivity index (χ0) is 12.3. The first-order chi connectivity index (χ1) is 8.26. The highest BCUT2D eigenvalue weighted by molar-refractivity contribution is 9.10. The molecule has 1 aromatic carbocycles. The molecule has 1 N–H and O–H groups in total. The van der Waals surface area contributed by atoms with Crippen molar-refractivity contribution < 1.29 is 5.11 Å². The largest absolute Gasteiger partial charge is 0.395 e. The Morgan fingerprint density at radius 3 is 3.00 bits per heavy atom. The Morgan fingerprint density at radius 1 is 1.47 bits per heavy atom. The number of benzene rings is 1. The number of rotatable bonds is 2. The van der Waals surface area contributed by atoms with Crippen LogP contribution in [0.2, 0.25) is 0 Å². The summed E-state index contributed by atoms with van der Waals surface area (Å²) in [7, 11) is 0. The number of hydrogen-bond acceptors (Lipinski definition) is 2. The smallest absolute Gasteiger partial charge is 0.143 e. The molecule has 1 aromatic heterocycles. The molecule has 0 aliphatic carbocycles. The number of halogens is 1. The van der Waals surface area contributed by atoms with Crippen LogP contribution in [0.15, 0.2) is 22.7 Å². The van der Waals surface area contributed by atoms with Gasteiger partial charge in [-0.15, -0.1) is 0 Å². The van der Waals surface area contributed by atoms with Crippen LogP contribution in [0.1, 0.15) is 19.0 Å². The number of fused-ring (bicyclic) bond motifs is 1. The van der Waals surface area contributed by atoms with Crippen molar-refractivity contribution in [3.05, 3.63) is 28.4 Å². The molecule has 1 heterocycles. The maximum absolute atomic E-state index is 8.71. The standard InChI is InChI=1S/C13H13BrN2O/c1-2-16-13-9-10(14)6-7-11(13)12(15-16)5-3-4-8-17/h6-7,9,17H,2,4,8H2,1H3. The summed E-state index contributed by atoms with van der Waals surface area (Å²) in [5, 5.41) is 14.2. The average molecular weight is 293 g/mol. The molecule has 0 fully saturated rings. The molecule has 3 nitrogen and oxygen atoms in total. The summed E-state index contributed by atoms with van der Waals surface area (Å²) in [6, 6.07) is 6.05. The summed E-state index contributed by atoms with van der Waals surface area (Å²) in [6.45, 7) is 2.96. The molecule has 0 saturated carbocycles. The van der Waals surface area contributed by atoms with E-state index in [1.165, 1.54) is 0 Å². The Bertz CT molecular complexity index is 592. The Morgan fingerprint density at radius 2 is 2.29 bits per heavy atom. The first kappa shape index (κ1) is 12.2. The minimum Gasteiger partial charge on any atom is -0.395 e. The zero-order valence-corrected chi connectivity index (χ0v) is 11.2. The highest BCUT2D eigenvalue weighted by Gasteiger charge is 2.07. The molecule has 0 aliphatic heterocycles. The summed E-state index contributed by atoms with van der Waals surface area (Å²) >= 11 is 3.46. The minimum absolute atomic E-state index is 0.0883. The van der Waals surface area contributed by atoms with Crippen molar-refractivity contribution in [2.24, 2.45) is 0 Å². The molecular weight excluding hydrogens is 280 g/mol. The third-order valence-electron chi connectivity index (χ3n) is 2.46. The van der Waals surface area contributed by atoms with Crippen molar-refractivity contribution in [2.75, 3.05) is 6.61 Å². The predicted octanol–water partition coefficient (Wildman–Crippen LogP) is 2.55. The van der Waals surface area contributed by atoms with Crippen LogP contribution in [-0.4, -0.2) is 21.5 Å². The summed E-state index contributed by atoms with van der Waals surface area (Å²) in [5.74, 6) is 5.91. The fourth-order valence-electron chi connectivity index (χ4n) is 1.68. The molecular formula is C13H13BrN2O. The summed E-state index contributed by atoms with van der Waals surface area (Å²) in [6.07, 6.45) is 0.483. The molecule has 2 aromatic rings. The van der Waals surface area contributed by atoms with Gasteiger partial charge in [0, 0.05) is 22.8 Å². The molecule has 4 heteroatoms. The Kier molecular flexibility index (Phi) is 3.82. The van der Waals surface area contributed by atoms with Gasteiger partial charge in [-0.25, -0.2) is 0 Å². The van der Waals surface area contributed by atoms with E-state index in [0.717, 1.165) is 27.6 Å². The summed E-state index contributed by atoms with van der Waals surface area (Å²) in [5.41, 5.74) is 1.86. The molecule has 17 heavy (non-hydrogen) atoms. The van der Waals surface area contributed by atoms with E-state index in [9.17, 15) is 0 Å². The topological polar surface area (TPSA) is 38.0 Å². The van der Waals surface area contributed by atoms with Crippen molar-refractivity contribution in [1.82, 2.24) is 9.78 Å². The second-order valence-electron chi connectivity index (χ2n) is 3.60. The van der Waals surface area contributed by atoms with E-state index < -0.39 is 0 Å². The van der Waals surface area contributed by atoms with Gasteiger partial charge >= 0.3 is 0 Å². The Hall–Kier alpha value is -1.31. The molecule has 0 spiro atoms. The van der Waals surface area contributed by atoms with Crippen molar-refractivity contribution in [1.29, 1.82) is 0 Å². The maximum atomic E-state index is 8.71. The molecule has 0 aliphatic rings. The van der Waals surface area contributed by atoms with Gasteiger partial charge in [-0.1, -0.05) is 21.9 Å². The second-order valence-corrected chi connectivity index (χ2v) is 4.52. The number of nitrogens with zero attached hydrogens (tertiary/aromatic N) is 2. The Labute approximate surface area is 109 Å². The van der Waals surface area contributed by atoms with Crippen molar-refractivity contribution >= 4 is 26.8 Å². The third kappa shape index (κ3) is 2.51. The highest BCUT2D eigenvalue weighted by Crippen LogP contribution is 2.22. The van der Waals surface area contributed by atoms with Gasteiger partial charge in [0.2, 0.25) is 0 Å². The van der Waals surface area contributed by atoms with E-state index >= 15 is 0 Å². The van der Waals surface area contributed by atoms with Crippen LogP contribution in [0.3, 0.4) is 0 Å². The SMILES string of the molecule is CCn1nc(C#CCCO)c2ccc(Br)cc21. The fraction of sp³-hybridized carbons (Fsp3) is 0.308. The van der Waals surface area contributed by atoms with Gasteiger partial charge in [0.25, 0.3) is 0 Å².